The van der Waals surface area contributed by atoms with Crippen LogP contribution in [0.3, 0.4) is 0 Å². The topological polar surface area (TPSA) is 68.8 Å². The van der Waals surface area contributed by atoms with Crippen molar-refractivity contribution in [2.24, 2.45) is 0 Å². The van der Waals surface area contributed by atoms with Crippen LogP contribution >= 0.6 is 0 Å². The minimum atomic E-state index is 0.189. The van der Waals surface area contributed by atoms with Crippen molar-refractivity contribution in [3.63, 3.8) is 0 Å². The van der Waals surface area contributed by atoms with Crippen molar-refractivity contribution in [2.75, 3.05) is 11.9 Å². The Morgan fingerprint density at radius 3 is 3.05 bits per heavy atom. The fraction of sp³-hybridized carbons (Fsp3) is 0.267. The van der Waals surface area contributed by atoms with Crippen LogP contribution in [-0.4, -0.2) is 26.8 Å². The summed E-state index contributed by atoms with van der Waals surface area (Å²) in [4.78, 5) is 1.69. The first-order chi connectivity index (χ1) is 10.4. The lowest BCUT2D eigenvalue weighted by molar-refractivity contribution is 0.393. The number of benzene rings is 1. The van der Waals surface area contributed by atoms with Crippen LogP contribution in [0.4, 0.5) is 5.69 Å². The third kappa shape index (κ3) is 2.29. The largest absolute Gasteiger partial charge is 0.461 e. The Bertz CT molecular complexity index is 707. The molecule has 3 aromatic rings. The van der Waals surface area contributed by atoms with E-state index in [0.29, 0.717) is 11.6 Å². The maximum Gasteiger partial charge on any atom is 0.240 e. The van der Waals surface area contributed by atoms with Crippen LogP contribution in [0.15, 0.2) is 47.1 Å². The molecule has 2 aromatic heterocycles. The van der Waals surface area contributed by atoms with Gasteiger partial charge in [-0.15, -0.1) is 10.2 Å². The summed E-state index contributed by atoms with van der Waals surface area (Å²) in [7, 11) is 0. The smallest absolute Gasteiger partial charge is 0.240 e. The van der Waals surface area contributed by atoms with Crippen molar-refractivity contribution in [3.8, 4) is 11.6 Å². The van der Waals surface area contributed by atoms with Gasteiger partial charge in [-0.05, 0) is 41.8 Å². The van der Waals surface area contributed by atoms with Crippen molar-refractivity contribution in [3.05, 3.63) is 48.2 Å². The van der Waals surface area contributed by atoms with Gasteiger partial charge >= 0.3 is 0 Å². The SMILES string of the molecule is c1coc(-c2nnn(C3CCc4ccccc4NC3)n2)c1. The number of nitrogens with one attached hydrogen (secondary N) is 1. The number of hydrogen-bond donors (Lipinski definition) is 1. The number of furan rings is 1. The quantitative estimate of drug-likeness (QED) is 0.781. The molecule has 0 fully saturated rings. The van der Waals surface area contributed by atoms with Gasteiger partial charge in [0.1, 0.15) is 0 Å². The lowest BCUT2D eigenvalue weighted by Crippen LogP contribution is -2.20. The number of aryl methyl sites for hydroxylation is 1. The van der Waals surface area contributed by atoms with Gasteiger partial charge in [-0.3, -0.25) is 0 Å². The average Bonchev–Trinajstić information content (AvgIpc) is 3.15. The Hall–Kier alpha value is -2.63. The first-order valence-corrected chi connectivity index (χ1v) is 7.05. The zero-order valence-electron chi connectivity index (χ0n) is 11.4. The van der Waals surface area contributed by atoms with Crippen molar-refractivity contribution >= 4 is 5.69 Å². The Labute approximate surface area is 121 Å². The molecule has 1 N–H and O–H groups in total. The molecule has 0 amide bonds. The lowest BCUT2D eigenvalue weighted by atomic mass is 10.1. The molecule has 4 rings (SSSR count). The van der Waals surface area contributed by atoms with Crippen molar-refractivity contribution in [1.29, 1.82) is 0 Å². The van der Waals surface area contributed by atoms with E-state index in [1.807, 2.05) is 12.1 Å². The molecule has 1 aliphatic rings. The summed E-state index contributed by atoms with van der Waals surface area (Å²) >= 11 is 0. The van der Waals surface area contributed by atoms with Gasteiger partial charge in [0.05, 0.1) is 12.3 Å². The highest BCUT2D eigenvalue weighted by atomic mass is 16.3. The molecular formula is C15H15N5O. The molecule has 0 aliphatic carbocycles. The van der Waals surface area contributed by atoms with E-state index in [1.54, 1.807) is 11.1 Å². The third-order valence-electron chi connectivity index (χ3n) is 3.79. The number of para-hydroxylation sites is 1. The maximum atomic E-state index is 5.30. The predicted molar refractivity (Wildman–Crippen MR) is 77.8 cm³/mol. The molecule has 6 heteroatoms. The highest BCUT2D eigenvalue weighted by Gasteiger charge is 2.20. The highest BCUT2D eigenvalue weighted by molar-refractivity contribution is 5.52. The zero-order valence-corrected chi connectivity index (χ0v) is 11.4. The van der Waals surface area contributed by atoms with E-state index >= 15 is 0 Å². The van der Waals surface area contributed by atoms with Crippen LogP contribution in [0.25, 0.3) is 11.6 Å². The fourth-order valence-corrected chi connectivity index (χ4v) is 2.64. The van der Waals surface area contributed by atoms with Crippen molar-refractivity contribution in [1.82, 2.24) is 20.2 Å². The second-order valence-corrected chi connectivity index (χ2v) is 5.14. The molecule has 1 atom stereocenters. The van der Waals surface area contributed by atoms with Gasteiger partial charge in [-0.1, -0.05) is 18.2 Å². The number of tetrazole rings is 1. The van der Waals surface area contributed by atoms with Gasteiger partial charge in [0.2, 0.25) is 5.82 Å². The average molecular weight is 281 g/mol. The van der Waals surface area contributed by atoms with Gasteiger partial charge in [0.25, 0.3) is 0 Å². The molecule has 21 heavy (non-hydrogen) atoms. The van der Waals surface area contributed by atoms with E-state index in [2.05, 4.69) is 45.0 Å². The molecule has 0 radical (unpaired) electrons. The molecule has 6 nitrogen and oxygen atoms in total. The number of anilines is 1. The number of hydrogen-bond acceptors (Lipinski definition) is 5. The summed E-state index contributed by atoms with van der Waals surface area (Å²) in [6.07, 6.45) is 3.60. The normalized spacial score (nSPS) is 17.8. The number of rotatable bonds is 2. The van der Waals surface area contributed by atoms with E-state index in [4.69, 9.17) is 4.42 Å². The van der Waals surface area contributed by atoms with Crippen LogP contribution in [0.1, 0.15) is 18.0 Å². The first kappa shape index (κ1) is 12.1. The van der Waals surface area contributed by atoms with Crippen LogP contribution in [-0.2, 0) is 6.42 Å². The standard InChI is InChI=1S/C15H15N5O/c1-2-5-13-11(4-1)7-8-12(10-16-13)20-18-15(17-19-20)14-6-3-9-21-14/h1-6,9,12,16H,7-8,10H2. The van der Waals surface area contributed by atoms with Crippen LogP contribution < -0.4 is 5.32 Å². The highest BCUT2D eigenvalue weighted by Crippen LogP contribution is 2.25. The summed E-state index contributed by atoms with van der Waals surface area (Å²) in [6.45, 7) is 0.797. The molecule has 1 aromatic carbocycles. The lowest BCUT2D eigenvalue weighted by Gasteiger charge is -2.12. The Morgan fingerprint density at radius 1 is 1.19 bits per heavy atom. The number of fused-ring (bicyclic) bond motifs is 1. The van der Waals surface area contributed by atoms with E-state index in [1.165, 1.54) is 11.3 Å². The van der Waals surface area contributed by atoms with Gasteiger partial charge in [-0.25, -0.2) is 0 Å². The maximum absolute atomic E-state index is 5.30. The summed E-state index contributed by atoms with van der Waals surface area (Å²) in [6, 6.07) is 12.2. The van der Waals surface area contributed by atoms with E-state index in [0.717, 1.165) is 19.4 Å². The summed E-state index contributed by atoms with van der Waals surface area (Å²) in [5.41, 5.74) is 2.54. The Kier molecular flexibility index (Phi) is 2.92. The fourth-order valence-electron chi connectivity index (χ4n) is 2.64. The molecule has 3 heterocycles. The Balaban J connectivity index is 1.56. The molecule has 1 unspecified atom stereocenters. The summed E-state index contributed by atoms with van der Waals surface area (Å²) in [5.74, 6) is 1.17. The molecule has 0 spiro atoms. The van der Waals surface area contributed by atoms with Gasteiger partial charge < -0.3 is 9.73 Å². The monoisotopic (exact) mass is 281 g/mol. The summed E-state index contributed by atoms with van der Waals surface area (Å²) < 4.78 is 5.30. The minimum absolute atomic E-state index is 0.189. The molecule has 106 valence electrons. The van der Waals surface area contributed by atoms with E-state index < -0.39 is 0 Å². The third-order valence-corrected chi connectivity index (χ3v) is 3.79. The van der Waals surface area contributed by atoms with Crippen molar-refractivity contribution < 1.29 is 4.42 Å². The second kappa shape index (κ2) is 5.05. The zero-order chi connectivity index (χ0) is 14.1. The predicted octanol–water partition coefficient (Wildman–Crippen LogP) is 2.53. The first-order valence-electron chi connectivity index (χ1n) is 7.05. The Morgan fingerprint density at radius 2 is 2.14 bits per heavy atom. The van der Waals surface area contributed by atoms with Crippen LogP contribution in [0.5, 0.6) is 0 Å². The van der Waals surface area contributed by atoms with Crippen molar-refractivity contribution in [2.45, 2.75) is 18.9 Å². The summed E-state index contributed by atoms with van der Waals surface area (Å²) in [5, 5.41) is 16.2. The van der Waals surface area contributed by atoms with Gasteiger partial charge in [0, 0.05) is 12.2 Å². The van der Waals surface area contributed by atoms with E-state index in [9.17, 15) is 0 Å². The molecule has 0 saturated carbocycles. The minimum Gasteiger partial charge on any atom is -0.461 e. The molecule has 1 aliphatic heterocycles. The van der Waals surface area contributed by atoms with Gasteiger partial charge in [-0.2, -0.15) is 4.80 Å². The molecule has 0 saturated heterocycles. The van der Waals surface area contributed by atoms with Crippen LogP contribution in [0, 0.1) is 0 Å². The van der Waals surface area contributed by atoms with Gasteiger partial charge in [0.15, 0.2) is 5.76 Å². The number of nitrogens with zero attached hydrogens (tertiary/aromatic N) is 4. The molecule has 0 bridgehead atoms. The number of aromatic nitrogens is 4. The van der Waals surface area contributed by atoms with E-state index in [-0.39, 0.29) is 6.04 Å². The second-order valence-electron chi connectivity index (χ2n) is 5.14. The van der Waals surface area contributed by atoms with Crippen LogP contribution in [0.2, 0.25) is 0 Å². The molecular weight excluding hydrogens is 266 g/mol.